The van der Waals surface area contributed by atoms with Crippen LogP contribution >= 0.6 is 0 Å². The summed E-state index contributed by atoms with van der Waals surface area (Å²) in [7, 11) is 0. The van der Waals surface area contributed by atoms with Gasteiger partial charge in [-0.1, -0.05) is 6.92 Å². The molecule has 0 saturated heterocycles. The second-order valence-corrected chi connectivity index (χ2v) is 4.01. The summed E-state index contributed by atoms with van der Waals surface area (Å²) in [4.78, 5) is 24.3. The number of hydrogen-bond acceptors (Lipinski definition) is 3. The van der Waals surface area contributed by atoms with Crippen molar-refractivity contribution in [1.29, 1.82) is 0 Å². The predicted octanol–water partition coefficient (Wildman–Crippen LogP) is 1.55. The zero-order valence-electron chi connectivity index (χ0n) is 9.56. The normalized spacial score (nSPS) is 14.2. The van der Waals surface area contributed by atoms with Crippen LogP contribution in [0.3, 0.4) is 0 Å². The Morgan fingerprint density at radius 1 is 1.53 bits per heavy atom. The van der Waals surface area contributed by atoms with Gasteiger partial charge in [-0.25, -0.2) is 4.79 Å². The molecule has 1 heterocycles. The molecule has 0 fully saturated rings. The van der Waals surface area contributed by atoms with Gasteiger partial charge in [0.2, 0.25) is 5.91 Å². The first-order chi connectivity index (χ1) is 8.11. The van der Waals surface area contributed by atoms with Crippen molar-refractivity contribution in [2.45, 2.75) is 13.3 Å². The Hall–Kier alpha value is -2.04. The highest BCUT2D eigenvalue weighted by molar-refractivity contribution is 6.02. The Morgan fingerprint density at radius 3 is 2.94 bits per heavy atom. The van der Waals surface area contributed by atoms with Gasteiger partial charge in [-0.3, -0.25) is 4.79 Å². The van der Waals surface area contributed by atoms with Gasteiger partial charge in [0.25, 0.3) is 0 Å². The molecule has 17 heavy (non-hydrogen) atoms. The molecule has 0 atom stereocenters. The Balaban J connectivity index is 2.40. The first kappa shape index (κ1) is 11.4. The van der Waals surface area contributed by atoms with E-state index in [0.29, 0.717) is 12.2 Å². The minimum Gasteiger partial charge on any atom is -0.478 e. The molecule has 1 aliphatic heterocycles. The molecule has 5 heteroatoms. The number of anilines is 2. The van der Waals surface area contributed by atoms with E-state index in [9.17, 15) is 9.59 Å². The molecule has 0 aliphatic carbocycles. The fourth-order valence-corrected chi connectivity index (χ4v) is 1.96. The highest BCUT2D eigenvalue weighted by Gasteiger charge is 2.22. The highest BCUT2D eigenvalue weighted by Crippen LogP contribution is 2.30. The lowest BCUT2D eigenvalue weighted by molar-refractivity contribution is -0.115. The zero-order valence-corrected chi connectivity index (χ0v) is 9.56. The van der Waals surface area contributed by atoms with E-state index in [1.807, 2.05) is 11.8 Å². The molecule has 0 aromatic heterocycles. The molecule has 0 spiro atoms. The van der Waals surface area contributed by atoms with E-state index < -0.39 is 5.97 Å². The van der Waals surface area contributed by atoms with Gasteiger partial charge < -0.3 is 15.3 Å². The minimum atomic E-state index is -0.991. The second kappa shape index (κ2) is 4.45. The fourth-order valence-electron chi connectivity index (χ4n) is 1.96. The van der Waals surface area contributed by atoms with Gasteiger partial charge >= 0.3 is 5.97 Å². The smallest absolute Gasteiger partial charge is 0.335 e. The third-order valence-corrected chi connectivity index (χ3v) is 2.69. The zero-order chi connectivity index (χ0) is 12.4. The number of carboxylic acids is 1. The van der Waals surface area contributed by atoms with Crippen LogP contribution in [-0.4, -0.2) is 30.1 Å². The Bertz CT molecular complexity index is 471. The lowest BCUT2D eigenvalue weighted by atomic mass is 10.1. The first-order valence-electron chi connectivity index (χ1n) is 5.54. The standard InChI is InChI=1S/C12H14N2O3/c1-2-5-14-7-11(15)13-9-6-8(12(16)17)3-4-10(9)14/h3-4,6H,2,5,7H2,1H3,(H,13,15)(H,16,17). The van der Waals surface area contributed by atoms with Crippen LogP contribution in [0, 0.1) is 0 Å². The average Bonchev–Trinajstić information content (AvgIpc) is 2.28. The maximum absolute atomic E-state index is 11.5. The summed E-state index contributed by atoms with van der Waals surface area (Å²) in [5.74, 6) is -1.09. The number of nitrogens with one attached hydrogen (secondary N) is 1. The molecule has 1 aromatic carbocycles. The van der Waals surface area contributed by atoms with Crippen molar-refractivity contribution < 1.29 is 14.7 Å². The number of nitrogens with zero attached hydrogens (tertiary/aromatic N) is 1. The van der Waals surface area contributed by atoms with Crippen molar-refractivity contribution in [2.24, 2.45) is 0 Å². The van der Waals surface area contributed by atoms with Gasteiger partial charge in [-0.15, -0.1) is 0 Å². The molecule has 2 N–H and O–H groups in total. The van der Waals surface area contributed by atoms with Crippen LogP contribution in [0.5, 0.6) is 0 Å². The lowest BCUT2D eigenvalue weighted by Crippen LogP contribution is -2.38. The number of rotatable bonds is 3. The molecule has 5 nitrogen and oxygen atoms in total. The van der Waals surface area contributed by atoms with Gasteiger partial charge in [-0.2, -0.15) is 0 Å². The molecule has 2 rings (SSSR count). The first-order valence-corrected chi connectivity index (χ1v) is 5.54. The number of carbonyl (C=O) groups is 2. The fraction of sp³-hybridized carbons (Fsp3) is 0.333. The van der Waals surface area contributed by atoms with Crippen LogP contribution < -0.4 is 10.2 Å². The molecule has 0 bridgehead atoms. The van der Waals surface area contributed by atoms with Crippen molar-refractivity contribution >= 4 is 23.3 Å². The predicted molar refractivity (Wildman–Crippen MR) is 64.5 cm³/mol. The second-order valence-electron chi connectivity index (χ2n) is 4.01. The van der Waals surface area contributed by atoms with E-state index in [-0.39, 0.29) is 11.5 Å². The highest BCUT2D eigenvalue weighted by atomic mass is 16.4. The summed E-state index contributed by atoms with van der Waals surface area (Å²) in [5.41, 5.74) is 1.65. The van der Waals surface area contributed by atoms with Crippen molar-refractivity contribution in [3.8, 4) is 0 Å². The maximum Gasteiger partial charge on any atom is 0.335 e. The van der Waals surface area contributed by atoms with E-state index in [1.54, 1.807) is 12.1 Å². The average molecular weight is 234 g/mol. The molecule has 0 radical (unpaired) electrons. The molecule has 90 valence electrons. The molecule has 1 aliphatic rings. The monoisotopic (exact) mass is 234 g/mol. The van der Waals surface area contributed by atoms with Crippen LogP contribution in [0.1, 0.15) is 23.7 Å². The minimum absolute atomic E-state index is 0.103. The van der Waals surface area contributed by atoms with Crippen molar-refractivity contribution in [3.63, 3.8) is 0 Å². The molecule has 1 aromatic rings. The van der Waals surface area contributed by atoms with Crippen molar-refractivity contribution in [3.05, 3.63) is 23.8 Å². The SMILES string of the molecule is CCCN1CC(=O)Nc2cc(C(=O)O)ccc21. The summed E-state index contributed by atoms with van der Waals surface area (Å²) in [6.07, 6.45) is 0.938. The molecule has 0 saturated carbocycles. The number of fused-ring (bicyclic) bond motifs is 1. The van der Waals surface area contributed by atoms with Crippen LogP contribution in [0.15, 0.2) is 18.2 Å². The maximum atomic E-state index is 11.5. The van der Waals surface area contributed by atoms with Crippen LogP contribution in [-0.2, 0) is 4.79 Å². The van der Waals surface area contributed by atoms with Gasteiger partial charge in [0.15, 0.2) is 0 Å². The van der Waals surface area contributed by atoms with E-state index in [0.717, 1.165) is 18.7 Å². The molecule has 1 amide bonds. The van der Waals surface area contributed by atoms with Gasteiger partial charge in [-0.05, 0) is 24.6 Å². The number of aromatic carboxylic acids is 1. The van der Waals surface area contributed by atoms with E-state index >= 15 is 0 Å². The lowest BCUT2D eigenvalue weighted by Gasteiger charge is -2.30. The third-order valence-electron chi connectivity index (χ3n) is 2.69. The van der Waals surface area contributed by atoms with E-state index in [4.69, 9.17) is 5.11 Å². The summed E-state index contributed by atoms with van der Waals surface area (Å²) in [6.45, 7) is 3.15. The Morgan fingerprint density at radius 2 is 2.29 bits per heavy atom. The summed E-state index contributed by atoms with van der Waals surface area (Å²) >= 11 is 0. The van der Waals surface area contributed by atoms with Crippen LogP contribution in [0.2, 0.25) is 0 Å². The van der Waals surface area contributed by atoms with Gasteiger partial charge in [0, 0.05) is 6.54 Å². The van der Waals surface area contributed by atoms with Crippen LogP contribution in [0.4, 0.5) is 11.4 Å². The van der Waals surface area contributed by atoms with Gasteiger partial charge in [0.05, 0.1) is 23.5 Å². The Kier molecular flexibility index (Phi) is 2.99. The van der Waals surface area contributed by atoms with E-state index in [2.05, 4.69) is 5.32 Å². The molecular formula is C12H14N2O3. The Labute approximate surface area is 99.0 Å². The van der Waals surface area contributed by atoms with Gasteiger partial charge in [0.1, 0.15) is 0 Å². The molecule has 0 unspecified atom stereocenters. The number of carbonyl (C=O) groups excluding carboxylic acids is 1. The summed E-state index contributed by atoms with van der Waals surface area (Å²) in [5, 5.41) is 11.6. The molecular weight excluding hydrogens is 220 g/mol. The number of carboxylic acid groups (broad SMARTS) is 1. The number of amides is 1. The number of benzene rings is 1. The summed E-state index contributed by atoms with van der Waals surface area (Å²) in [6, 6.07) is 4.80. The van der Waals surface area contributed by atoms with Crippen molar-refractivity contribution in [1.82, 2.24) is 0 Å². The quantitative estimate of drug-likeness (QED) is 0.832. The van der Waals surface area contributed by atoms with E-state index in [1.165, 1.54) is 6.07 Å². The van der Waals surface area contributed by atoms with Crippen LogP contribution in [0.25, 0.3) is 0 Å². The number of hydrogen-bond donors (Lipinski definition) is 2. The summed E-state index contributed by atoms with van der Waals surface area (Å²) < 4.78 is 0. The van der Waals surface area contributed by atoms with Crippen molar-refractivity contribution in [2.75, 3.05) is 23.3 Å². The topological polar surface area (TPSA) is 69.6 Å². The third kappa shape index (κ3) is 2.22. The largest absolute Gasteiger partial charge is 0.478 e.